The number of hydrogen-bond donors (Lipinski definition) is 0. The molecular weight excluding hydrogens is 407 g/mol. The van der Waals surface area contributed by atoms with Crippen LogP contribution < -0.4 is 4.74 Å². The van der Waals surface area contributed by atoms with E-state index in [1.807, 2.05) is 41.4 Å². The van der Waals surface area contributed by atoms with Gasteiger partial charge in [-0.2, -0.15) is 5.10 Å². The Hall–Kier alpha value is -2.14. The summed E-state index contributed by atoms with van der Waals surface area (Å²) in [7, 11) is 0. The van der Waals surface area contributed by atoms with Gasteiger partial charge in [0.15, 0.2) is 0 Å². The molecule has 0 saturated heterocycles. The van der Waals surface area contributed by atoms with Crippen molar-refractivity contribution in [3.63, 3.8) is 0 Å². The van der Waals surface area contributed by atoms with Crippen LogP contribution >= 0.6 is 34.8 Å². The van der Waals surface area contributed by atoms with Gasteiger partial charge in [-0.1, -0.05) is 40.9 Å². The van der Waals surface area contributed by atoms with Crippen LogP contribution in [0.2, 0.25) is 15.1 Å². The average Bonchev–Trinajstić information content (AvgIpc) is 3.31. The predicted octanol–water partition coefficient (Wildman–Crippen LogP) is 6.48. The molecule has 2 aromatic carbocycles. The van der Waals surface area contributed by atoms with Crippen molar-refractivity contribution >= 4 is 40.5 Å². The fourth-order valence-electron chi connectivity index (χ4n) is 3.56. The maximum absolute atomic E-state index is 6.46. The van der Waals surface area contributed by atoms with Crippen molar-refractivity contribution in [1.82, 2.24) is 5.01 Å². The number of nitrogens with zero attached hydrogens (tertiary/aromatic N) is 2. The summed E-state index contributed by atoms with van der Waals surface area (Å²) in [5, 5.41) is 8.49. The molecular formula is C20H13Cl3N2O2. The third-order valence-electron chi connectivity index (χ3n) is 4.79. The molecule has 4 nitrogen and oxygen atoms in total. The number of hydrazone groups is 1. The van der Waals surface area contributed by atoms with Crippen LogP contribution in [0.1, 0.15) is 35.6 Å². The fraction of sp³-hybridized carbons (Fsp3) is 0.150. The van der Waals surface area contributed by atoms with Crippen molar-refractivity contribution in [1.29, 1.82) is 0 Å². The lowest BCUT2D eigenvalue weighted by Gasteiger charge is -2.38. The first-order valence-electron chi connectivity index (χ1n) is 8.41. The first kappa shape index (κ1) is 17.0. The highest BCUT2D eigenvalue weighted by Gasteiger charge is 2.42. The molecule has 0 unspecified atom stereocenters. The lowest BCUT2D eigenvalue weighted by atomic mass is 9.97. The molecule has 1 aromatic heterocycles. The minimum Gasteiger partial charge on any atom is -0.464 e. The molecule has 3 aromatic rings. The highest BCUT2D eigenvalue weighted by Crippen LogP contribution is 2.49. The van der Waals surface area contributed by atoms with Gasteiger partial charge in [0.1, 0.15) is 17.2 Å². The van der Waals surface area contributed by atoms with Crippen molar-refractivity contribution in [2.45, 2.75) is 18.7 Å². The van der Waals surface area contributed by atoms with Gasteiger partial charge < -0.3 is 9.15 Å². The highest BCUT2D eigenvalue weighted by atomic mass is 35.5. The van der Waals surface area contributed by atoms with E-state index in [0.717, 1.165) is 28.3 Å². The minimum atomic E-state index is -0.471. The number of rotatable bonds is 2. The van der Waals surface area contributed by atoms with Crippen LogP contribution in [0.4, 0.5) is 0 Å². The first-order chi connectivity index (χ1) is 13.1. The summed E-state index contributed by atoms with van der Waals surface area (Å²) < 4.78 is 11.8. The molecule has 0 amide bonds. The average molecular weight is 420 g/mol. The van der Waals surface area contributed by atoms with E-state index in [2.05, 4.69) is 0 Å². The minimum absolute atomic E-state index is 0.0238. The molecule has 2 atom stereocenters. The molecule has 0 fully saturated rings. The van der Waals surface area contributed by atoms with Crippen molar-refractivity contribution < 1.29 is 9.15 Å². The summed E-state index contributed by atoms with van der Waals surface area (Å²) in [6.45, 7) is 0. The van der Waals surface area contributed by atoms with E-state index in [1.165, 1.54) is 0 Å². The topological polar surface area (TPSA) is 38.0 Å². The van der Waals surface area contributed by atoms with E-state index >= 15 is 0 Å². The second-order valence-electron chi connectivity index (χ2n) is 6.44. The molecule has 136 valence electrons. The molecule has 27 heavy (non-hydrogen) atoms. The van der Waals surface area contributed by atoms with E-state index in [4.69, 9.17) is 49.1 Å². The van der Waals surface area contributed by atoms with Crippen LogP contribution in [0.25, 0.3) is 0 Å². The van der Waals surface area contributed by atoms with Gasteiger partial charge in [0.2, 0.25) is 6.23 Å². The molecule has 0 saturated carbocycles. The van der Waals surface area contributed by atoms with Gasteiger partial charge in [-0.05, 0) is 42.5 Å². The smallest absolute Gasteiger partial charge is 0.215 e. The van der Waals surface area contributed by atoms with Gasteiger partial charge in [0.25, 0.3) is 0 Å². The van der Waals surface area contributed by atoms with Gasteiger partial charge in [-0.3, -0.25) is 0 Å². The molecule has 7 heteroatoms. The van der Waals surface area contributed by atoms with Crippen LogP contribution in [0.3, 0.4) is 0 Å². The van der Waals surface area contributed by atoms with Crippen LogP contribution in [-0.4, -0.2) is 10.7 Å². The number of benzene rings is 2. The summed E-state index contributed by atoms with van der Waals surface area (Å²) in [4.78, 5) is 0. The van der Waals surface area contributed by atoms with Gasteiger partial charge in [-0.15, -0.1) is 0 Å². The normalized spacial score (nSPS) is 20.7. The SMILES string of the molecule is Clc1ccc([C@H]2Oc3ccc(Cl)cc3[C@@H]3CC(c4ccco4)=NN23)c(Cl)c1. The Morgan fingerprint density at radius 3 is 2.56 bits per heavy atom. The molecule has 0 radical (unpaired) electrons. The Balaban J connectivity index is 1.64. The fourth-order valence-corrected chi connectivity index (χ4v) is 4.24. The zero-order chi connectivity index (χ0) is 18.5. The molecule has 0 aliphatic carbocycles. The van der Waals surface area contributed by atoms with E-state index in [1.54, 1.807) is 18.4 Å². The maximum Gasteiger partial charge on any atom is 0.215 e. The Kier molecular flexibility index (Phi) is 4.08. The lowest BCUT2D eigenvalue weighted by Crippen LogP contribution is -2.33. The lowest BCUT2D eigenvalue weighted by molar-refractivity contribution is -0.0189. The molecule has 3 heterocycles. The molecule has 2 aliphatic heterocycles. The number of ether oxygens (including phenoxy) is 1. The summed E-state index contributed by atoms with van der Waals surface area (Å²) in [5.41, 5.74) is 2.65. The second-order valence-corrected chi connectivity index (χ2v) is 7.72. The van der Waals surface area contributed by atoms with E-state index in [9.17, 15) is 0 Å². The standard InChI is InChI=1S/C20H13Cl3N2O2/c21-11-4-6-18-14(8-11)17-10-16(19-2-1-7-26-19)24-25(17)20(27-18)13-5-3-12(22)9-15(13)23/h1-9,17,20H,10H2/t17-,20+/m0/s1. The third-order valence-corrected chi connectivity index (χ3v) is 5.58. The molecule has 5 rings (SSSR count). The molecule has 0 N–H and O–H groups in total. The maximum atomic E-state index is 6.46. The Morgan fingerprint density at radius 2 is 1.78 bits per heavy atom. The Labute approximate surface area is 170 Å². The summed E-state index contributed by atoms with van der Waals surface area (Å²) in [5.74, 6) is 1.52. The van der Waals surface area contributed by atoms with Gasteiger partial charge in [0, 0.05) is 27.6 Å². The highest BCUT2D eigenvalue weighted by molar-refractivity contribution is 6.35. The molecule has 2 aliphatic rings. The van der Waals surface area contributed by atoms with Crippen molar-refractivity contribution in [2.75, 3.05) is 0 Å². The predicted molar refractivity (Wildman–Crippen MR) is 106 cm³/mol. The van der Waals surface area contributed by atoms with Crippen molar-refractivity contribution in [2.24, 2.45) is 5.10 Å². The Morgan fingerprint density at radius 1 is 0.963 bits per heavy atom. The van der Waals surface area contributed by atoms with Gasteiger partial charge in [-0.25, -0.2) is 5.01 Å². The summed E-state index contributed by atoms with van der Waals surface area (Å²) in [6, 6.07) is 14.7. The Bertz CT molecular complexity index is 1050. The molecule has 0 spiro atoms. The van der Waals surface area contributed by atoms with Crippen LogP contribution in [0.5, 0.6) is 5.75 Å². The zero-order valence-corrected chi connectivity index (χ0v) is 16.2. The van der Waals surface area contributed by atoms with Crippen molar-refractivity contribution in [3.8, 4) is 5.75 Å². The summed E-state index contributed by atoms with van der Waals surface area (Å²) >= 11 is 18.8. The van der Waals surface area contributed by atoms with Crippen LogP contribution in [0.15, 0.2) is 64.3 Å². The monoisotopic (exact) mass is 418 g/mol. The van der Waals surface area contributed by atoms with E-state index in [0.29, 0.717) is 21.5 Å². The number of halogens is 3. The van der Waals surface area contributed by atoms with Crippen molar-refractivity contribution in [3.05, 3.63) is 86.7 Å². The molecule has 0 bridgehead atoms. The van der Waals surface area contributed by atoms with Gasteiger partial charge >= 0.3 is 0 Å². The largest absolute Gasteiger partial charge is 0.464 e. The van der Waals surface area contributed by atoms with Gasteiger partial charge in [0.05, 0.1) is 17.3 Å². The van der Waals surface area contributed by atoms with E-state index < -0.39 is 6.23 Å². The quantitative estimate of drug-likeness (QED) is 0.477. The summed E-state index contributed by atoms with van der Waals surface area (Å²) in [6.07, 6.45) is 1.86. The van der Waals surface area contributed by atoms with Crippen LogP contribution in [0, 0.1) is 0 Å². The zero-order valence-electron chi connectivity index (χ0n) is 13.9. The first-order valence-corrected chi connectivity index (χ1v) is 9.54. The third kappa shape index (κ3) is 2.89. The van der Waals surface area contributed by atoms with Crippen LogP contribution in [-0.2, 0) is 0 Å². The number of hydrogen-bond acceptors (Lipinski definition) is 4. The second kappa shape index (κ2) is 6.48. The number of furan rings is 1. The van der Waals surface area contributed by atoms with E-state index in [-0.39, 0.29) is 6.04 Å². The number of fused-ring (bicyclic) bond motifs is 3.